The van der Waals surface area contributed by atoms with Crippen LogP contribution in [0.3, 0.4) is 0 Å². The van der Waals surface area contributed by atoms with E-state index in [2.05, 4.69) is 5.32 Å². The average Bonchev–Trinajstić information content (AvgIpc) is 2.48. The Balaban J connectivity index is 1.84. The van der Waals surface area contributed by atoms with Gasteiger partial charge in [0.2, 0.25) is 0 Å². The Morgan fingerprint density at radius 2 is 2.35 bits per heavy atom. The van der Waals surface area contributed by atoms with Gasteiger partial charge in [-0.05, 0) is 43.9 Å². The number of hydrogen-bond acceptors (Lipinski definition) is 4. The fourth-order valence-corrected chi connectivity index (χ4v) is 2.34. The molecule has 5 nitrogen and oxygen atoms in total. The molecule has 1 unspecified atom stereocenters. The quantitative estimate of drug-likeness (QED) is 0.808. The zero-order valence-corrected chi connectivity index (χ0v) is 11.9. The summed E-state index contributed by atoms with van der Waals surface area (Å²) in [5, 5.41) is 2.88. The fourth-order valence-electron chi connectivity index (χ4n) is 2.34. The van der Waals surface area contributed by atoms with Crippen LogP contribution in [0.4, 0.5) is 5.69 Å². The van der Waals surface area contributed by atoms with Crippen LogP contribution in [-0.4, -0.2) is 32.3 Å². The van der Waals surface area contributed by atoms with Gasteiger partial charge in [0.1, 0.15) is 5.75 Å². The molecule has 1 fully saturated rings. The minimum absolute atomic E-state index is 0.169. The lowest BCUT2D eigenvalue weighted by molar-refractivity contribution is 0.0117. The van der Waals surface area contributed by atoms with Crippen molar-refractivity contribution in [1.29, 1.82) is 0 Å². The minimum Gasteiger partial charge on any atom is -0.497 e. The van der Waals surface area contributed by atoms with E-state index < -0.39 is 0 Å². The van der Waals surface area contributed by atoms with E-state index >= 15 is 0 Å². The van der Waals surface area contributed by atoms with Crippen molar-refractivity contribution in [2.24, 2.45) is 0 Å². The summed E-state index contributed by atoms with van der Waals surface area (Å²) >= 11 is 0. The SMILES string of the molecule is COc1ccc(N)c(C(=O)NCCC2CCCCO2)c1. The molecule has 20 heavy (non-hydrogen) atoms. The minimum atomic E-state index is -0.169. The molecule has 5 heteroatoms. The predicted molar refractivity (Wildman–Crippen MR) is 77.9 cm³/mol. The van der Waals surface area contributed by atoms with Crippen molar-refractivity contribution in [3.05, 3.63) is 23.8 Å². The Hall–Kier alpha value is -1.75. The van der Waals surface area contributed by atoms with E-state index in [1.807, 2.05) is 0 Å². The average molecular weight is 278 g/mol. The highest BCUT2D eigenvalue weighted by molar-refractivity contribution is 5.99. The maximum absolute atomic E-state index is 12.1. The smallest absolute Gasteiger partial charge is 0.253 e. The van der Waals surface area contributed by atoms with Crippen LogP contribution < -0.4 is 15.8 Å². The van der Waals surface area contributed by atoms with Gasteiger partial charge in [-0.1, -0.05) is 0 Å². The van der Waals surface area contributed by atoms with Crippen molar-refractivity contribution in [2.75, 3.05) is 26.0 Å². The highest BCUT2D eigenvalue weighted by Gasteiger charge is 2.15. The van der Waals surface area contributed by atoms with Crippen molar-refractivity contribution in [3.8, 4) is 5.75 Å². The van der Waals surface area contributed by atoms with E-state index in [9.17, 15) is 4.79 Å². The molecular formula is C15H22N2O3. The van der Waals surface area contributed by atoms with Gasteiger partial charge in [-0.2, -0.15) is 0 Å². The molecule has 0 aromatic heterocycles. The Kier molecular flexibility index (Phi) is 5.24. The second-order valence-electron chi connectivity index (χ2n) is 4.99. The zero-order valence-electron chi connectivity index (χ0n) is 11.9. The first-order valence-electron chi connectivity index (χ1n) is 7.04. The molecule has 1 aromatic carbocycles. The fraction of sp³-hybridized carbons (Fsp3) is 0.533. The standard InChI is InChI=1S/C15H22N2O3/c1-19-12-5-6-14(16)13(10-12)15(18)17-8-7-11-4-2-3-9-20-11/h5-6,10-11H,2-4,7-9,16H2,1H3,(H,17,18). The van der Waals surface area contributed by atoms with Crippen molar-refractivity contribution in [2.45, 2.75) is 31.8 Å². The molecule has 2 rings (SSSR count). The lowest BCUT2D eigenvalue weighted by Crippen LogP contribution is -2.29. The Morgan fingerprint density at radius 3 is 3.05 bits per heavy atom. The number of methoxy groups -OCH3 is 1. The summed E-state index contributed by atoms with van der Waals surface area (Å²) in [4.78, 5) is 12.1. The molecule has 1 atom stereocenters. The second-order valence-corrected chi connectivity index (χ2v) is 4.99. The lowest BCUT2D eigenvalue weighted by atomic mass is 10.1. The molecule has 0 bridgehead atoms. The summed E-state index contributed by atoms with van der Waals surface area (Å²) in [6.07, 6.45) is 4.55. The normalized spacial score (nSPS) is 18.6. The van der Waals surface area contributed by atoms with Crippen molar-refractivity contribution < 1.29 is 14.3 Å². The van der Waals surface area contributed by atoms with Crippen LogP contribution in [0.25, 0.3) is 0 Å². The van der Waals surface area contributed by atoms with Gasteiger partial charge in [-0.15, -0.1) is 0 Å². The second kappa shape index (κ2) is 7.14. The number of amides is 1. The van der Waals surface area contributed by atoms with Crippen molar-refractivity contribution in [3.63, 3.8) is 0 Å². The molecule has 1 saturated heterocycles. The van der Waals surface area contributed by atoms with Crippen LogP contribution in [-0.2, 0) is 4.74 Å². The third-order valence-corrected chi connectivity index (χ3v) is 3.53. The van der Waals surface area contributed by atoms with Crippen LogP contribution in [0.2, 0.25) is 0 Å². The first-order valence-corrected chi connectivity index (χ1v) is 7.04. The molecular weight excluding hydrogens is 256 g/mol. The van der Waals surface area contributed by atoms with Crippen molar-refractivity contribution in [1.82, 2.24) is 5.32 Å². The molecule has 1 heterocycles. The van der Waals surface area contributed by atoms with Gasteiger partial charge < -0.3 is 20.5 Å². The van der Waals surface area contributed by atoms with E-state index in [0.717, 1.165) is 25.9 Å². The first-order chi connectivity index (χ1) is 9.70. The van der Waals surface area contributed by atoms with E-state index in [1.165, 1.54) is 6.42 Å². The number of hydrogen-bond donors (Lipinski definition) is 2. The highest BCUT2D eigenvalue weighted by Crippen LogP contribution is 2.19. The van der Waals surface area contributed by atoms with Crippen molar-refractivity contribution >= 4 is 11.6 Å². The number of anilines is 1. The van der Waals surface area contributed by atoms with E-state index in [-0.39, 0.29) is 12.0 Å². The monoisotopic (exact) mass is 278 g/mol. The Labute approximate surface area is 119 Å². The molecule has 1 aromatic rings. The number of nitrogens with two attached hydrogens (primary N) is 1. The predicted octanol–water partition coefficient (Wildman–Crippen LogP) is 1.97. The molecule has 3 N–H and O–H groups in total. The van der Waals surface area contributed by atoms with Crippen LogP contribution >= 0.6 is 0 Å². The van der Waals surface area contributed by atoms with Gasteiger partial charge in [0.15, 0.2) is 0 Å². The third-order valence-electron chi connectivity index (χ3n) is 3.53. The van der Waals surface area contributed by atoms with Gasteiger partial charge >= 0.3 is 0 Å². The third kappa shape index (κ3) is 3.87. The summed E-state index contributed by atoms with van der Waals surface area (Å²) < 4.78 is 10.7. The molecule has 0 saturated carbocycles. The molecule has 1 amide bonds. The largest absolute Gasteiger partial charge is 0.497 e. The van der Waals surface area contributed by atoms with Crippen LogP contribution in [0, 0.1) is 0 Å². The summed E-state index contributed by atoms with van der Waals surface area (Å²) in [7, 11) is 1.56. The first kappa shape index (κ1) is 14.7. The van der Waals surface area contributed by atoms with Gasteiger partial charge in [0.05, 0.1) is 18.8 Å². The van der Waals surface area contributed by atoms with Gasteiger partial charge in [0, 0.05) is 18.8 Å². The number of carbonyl (C=O) groups is 1. The van der Waals surface area contributed by atoms with E-state index in [0.29, 0.717) is 23.5 Å². The molecule has 110 valence electrons. The summed E-state index contributed by atoms with van der Waals surface area (Å²) in [5.74, 6) is 0.456. The molecule has 1 aliphatic heterocycles. The topological polar surface area (TPSA) is 73.6 Å². The van der Waals surface area contributed by atoms with Gasteiger partial charge in [0.25, 0.3) is 5.91 Å². The Morgan fingerprint density at radius 1 is 1.50 bits per heavy atom. The van der Waals surface area contributed by atoms with Gasteiger partial charge in [-0.3, -0.25) is 4.79 Å². The lowest BCUT2D eigenvalue weighted by Gasteiger charge is -2.22. The van der Waals surface area contributed by atoms with Crippen LogP contribution in [0.5, 0.6) is 5.75 Å². The number of rotatable bonds is 5. The highest BCUT2D eigenvalue weighted by atomic mass is 16.5. The van der Waals surface area contributed by atoms with E-state index in [4.69, 9.17) is 15.2 Å². The maximum Gasteiger partial charge on any atom is 0.253 e. The van der Waals surface area contributed by atoms with Gasteiger partial charge in [-0.25, -0.2) is 0 Å². The number of carbonyl (C=O) groups excluding carboxylic acids is 1. The number of nitrogen functional groups attached to an aromatic ring is 1. The number of ether oxygens (including phenoxy) is 2. The summed E-state index contributed by atoms with van der Waals surface area (Å²) in [6, 6.07) is 5.07. The number of benzene rings is 1. The molecule has 0 radical (unpaired) electrons. The molecule has 1 aliphatic rings. The van der Waals surface area contributed by atoms with E-state index in [1.54, 1.807) is 25.3 Å². The zero-order chi connectivity index (χ0) is 14.4. The molecule has 0 spiro atoms. The van der Waals surface area contributed by atoms with Crippen LogP contribution in [0.15, 0.2) is 18.2 Å². The maximum atomic E-state index is 12.1. The number of nitrogens with one attached hydrogen (secondary N) is 1. The molecule has 0 aliphatic carbocycles. The summed E-state index contributed by atoms with van der Waals surface area (Å²) in [5.41, 5.74) is 6.73. The van der Waals surface area contributed by atoms with Crippen LogP contribution in [0.1, 0.15) is 36.0 Å². The summed E-state index contributed by atoms with van der Waals surface area (Å²) in [6.45, 7) is 1.43. The Bertz CT molecular complexity index is 456.